The lowest BCUT2D eigenvalue weighted by molar-refractivity contribution is -0.385. The van der Waals surface area contributed by atoms with Crippen molar-refractivity contribution in [3.05, 3.63) is 34.5 Å². The van der Waals surface area contributed by atoms with Gasteiger partial charge in [-0.3, -0.25) is 10.1 Å². The normalized spacial score (nSPS) is 9.69. The second-order valence-electron chi connectivity index (χ2n) is 3.32. The molecular weight excluding hydrogens is 210 g/mol. The van der Waals surface area contributed by atoms with E-state index in [4.69, 9.17) is 4.74 Å². The number of nitrogens with zero attached hydrogens (tertiary/aromatic N) is 3. The highest BCUT2D eigenvalue weighted by Gasteiger charge is 2.19. The lowest BCUT2D eigenvalue weighted by Gasteiger charge is -2.15. The van der Waals surface area contributed by atoms with E-state index in [1.165, 1.54) is 19.2 Å². The first-order valence-corrected chi connectivity index (χ1v) is 4.53. The van der Waals surface area contributed by atoms with Gasteiger partial charge in [-0.25, -0.2) is 4.98 Å². The molecule has 0 atom stereocenters. The van der Waals surface area contributed by atoms with Gasteiger partial charge in [0.1, 0.15) is 0 Å². The summed E-state index contributed by atoms with van der Waals surface area (Å²) in [6.07, 6.45) is 0. The maximum Gasteiger partial charge on any atom is 0.297 e. The number of aromatic nitrogens is 1. The highest BCUT2D eigenvalue weighted by atomic mass is 16.6. The molecule has 86 valence electrons. The molecule has 0 amide bonds. The molecule has 1 rings (SSSR count). The maximum absolute atomic E-state index is 10.8. The lowest BCUT2D eigenvalue weighted by Crippen LogP contribution is -2.12. The van der Waals surface area contributed by atoms with Crippen molar-refractivity contribution in [1.82, 2.24) is 9.88 Å². The smallest absolute Gasteiger partial charge is 0.297 e. The number of rotatable bonds is 4. The average Bonchev–Trinajstić information content (AvgIpc) is 2.26. The number of ether oxygens (including phenoxy) is 1. The first-order valence-electron chi connectivity index (χ1n) is 4.53. The van der Waals surface area contributed by atoms with Gasteiger partial charge in [0, 0.05) is 26.2 Å². The zero-order chi connectivity index (χ0) is 12.3. The standard InChI is InChI=1S/C10H13N3O3/c1-7(12(2)3)10-8(13(14)15)5-6-9(11-10)16-4/h5-6H,1H2,2-4H3. The van der Waals surface area contributed by atoms with Gasteiger partial charge in [-0.2, -0.15) is 0 Å². The lowest BCUT2D eigenvalue weighted by atomic mass is 10.2. The van der Waals surface area contributed by atoms with Crippen LogP contribution in [0.2, 0.25) is 0 Å². The molecule has 0 radical (unpaired) electrons. The summed E-state index contributed by atoms with van der Waals surface area (Å²) < 4.78 is 4.93. The quantitative estimate of drug-likeness (QED) is 0.572. The number of hydrogen-bond donors (Lipinski definition) is 0. The fourth-order valence-electron chi connectivity index (χ4n) is 1.12. The molecule has 16 heavy (non-hydrogen) atoms. The third kappa shape index (κ3) is 2.28. The minimum Gasteiger partial charge on any atom is -0.481 e. The molecule has 0 aliphatic carbocycles. The molecule has 0 bridgehead atoms. The van der Waals surface area contributed by atoms with E-state index in [-0.39, 0.29) is 11.4 Å². The Morgan fingerprint density at radius 3 is 2.62 bits per heavy atom. The number of hydrogen-bond acceptors (Lipinski definition) is 5. The van der Waals surface area contributed by atoms with E-state index in [1.54, 1.807) is 19.0 Å². The largest absolute Gasteiger partial charge is 0.481 e. The van der Waals surface area contributed by atoms with Crippen LogP contribution in [0.15, 0.2) is 18.7 Å². The van der Waals surface area contributed by atoms with E-state index < -0.39 is 4.92 Å². The number of methoxy groups -OCH3 is 1. The molecule has 6 nitrogen and oxygen atoms in total. The molecule has 0 aliphatic heterocycles. The molecule has 0 spiro atoms. The van der Waals surface area contributed by atoms with E-state index in [1.807, 2.05) is 0 Å². The van der Waals surface area contributed by atoms with Crippen molar-refractivity contribution < 1.29 is 9.66 Å². The van der Waals surface area contributed by atoms with Gasteiger partial charge in [-0.15, -0.1) is 0 Å². The van der Waals surface area contributed by atoms with Crippen molar-refractivity contribution in [3.8, 4) is 5.88 Å². The summed E-state index contributed by atoms with van der Waals surface area (Å²) in [7, 11) is 4.94. The Morgan fingerprint density at radius 1 is 1.56 bits per heavy atom. The summed E-state index contributed by atoms with van der Waals surface area (Å²) >= 11 is 0. The predicted octanol–water partition coefficient (Wildman–Crippen LogP) is 1.53. The van der Waals surface area contributed by atoms with Crippen LogP contribution in [-0.4, -0.2) is 36.0 Å². The summed E-state index contributed by atoms with van der Waals surface area (Å²) in [6, 6.07) is 2.81. The Hall–Kier alpha value is -2.11. The van der Waals surface area contributed by atoms with Gasteiger partial charge in [0.25, 0.3) is 5.69 Å². The third-order valence-corrected chi connectivity index (χ3v) is 2.07. The SMILES string of the molecule is C=C(c1nc(OC)ccc1[N+](=O)[O-])N(C)C. The summed E-state index contributed by atoms with van der Waals surface area (Å²) in [4.78, 5) is 16.0. The molecule has 1 aromatic rings. The van der Waals surface area contributed by atoms with Crippen molar-refractivity contribution in [2.45, 2.75) is 0 Å². The number of nitro groups is 1. The van der Waals surface area contributed by atoms with Crippen LogP contribution in [0.1, 0.15) is 5.69 Å². The minimum absolute atomic E-state index is 0.0838. The summed E-state index contributed by atoms with van der Waals surface area (Å²) in [5, 5.41) is 10.8. The molecule has 0 saturated carbocycles. The summed E-state index contributed by atoms with van der Waals surface area (Å²) in [5.74, 6) is 0.323. The van der Waals surface area contributed by atoms with Crippen LogP contribution in [-0.2, 0) is 0 Å². The second kappa shape index (κ2) is 4.61. The first-order chi connectivity index (χ1) is 7.47. The maximum atomic E-state index is 10.8. The van der Waals surface area contributed by atoms with E-state index in [9.17, 15) is 10.1 Å². The molecule has 0 saturated heterocycles. The van der Waals surface area contributed by atoms with Gasteiger partial charge in [-0.1, -0.05) is 6.58 Å². The van der Waals surface area contributed by atoms with E-state index in [0.29, 0.717) is 11.6 Å². The van der Waals surface area contributed by atoms with Crippen molar-refractivity contribution in [3.63, 3.8) is 0 Å². The molecule has 1 aromatic heterocycles. The molecule has 0 aliphatic rings. The van der Waals surface area contributed by atoms with Crippen molar-refractivity contribution in [2.24, 2.45) is 0 Å². The third-order valence-electron chi connectivity index (χ3n) is 2.07. The summed E-state index contributed by atoms with van der Waals surface area (Å²) in [5.41, 5.74) is 0.597. The first kappa shape index (κ1) is 12.0. The van der Waals surface area contributed by atoms with Crippen molar-refractivity contribution >= 4 is 11.4 Å². The fraction of sp³-hybridized carbons (Fsp3) is 0.300. The number of pyridine rings is 1. The summed E-state index contributed by atoms with van der Waals surface area (Å²) in [6.45, 7) is 3.75. The zero-order valence-electron chi connectivity index (χ0n) is 9.43. The van der Waals surface area contributed by atoms with Gasteiger partial charge >= 0.3 is 0 Å². The van der Waals surface area contributed by atoms with Gasteiger partial charge < -0.3 is 9.64 Å². The van der Waals surface area contributed by atoms with Crippen LogP contribution in [0.4, 0.5) is 5.69 Å². The van der Waals surface area contributed by atoms with Crippen LogP contribution in [0, 0.1) is 10.1 Å². The Bertz CT molecular complexity index is 429. The Morgan fingerprint density at radius 2 is 2.19 bits per heavy atom. The highest BCUT2D eigenvalue weighted by molar-refractivity contribution is 5.66. The monoisotopic (exact) mass is 223 g/mol. The molecule has 0 unspecified atom stereocenters. The topological polar surface area (TPSA) is 68.5 Å². The van der Waals surface area contributed by atoms with Gasteiger partial charge in [0.05, 0.1) is 17.7 Å². The predicted molar refractivity (Wildman–Crippen MR) is 60.2 cm³/mol. The van der Waals surface area contributed by atoms with Gasteiger partial charge in [0.15, 0.2) is 5.69 Å². The molecular formula is C10H13N3O3. The fourth-order valence-corrected chi connectivity index (χ4v) is 1.12. The molecule has 0 aromatic carbocycles. The minimum atomic E-state index is -0.490. The molecule has 6 heteroatoms. The van der Waals surface area contributed by atoms with Crippen LogP contribution < -0.4 is 4.74 Å². The zero-order valence-corrected chi connectivity index (χ0v) is 9.43. The van der Waals surface area contributed by atoms with Crippen LogP contribution in [0.25, 0.3) is 5.70 Å². The van der Waals surface area contributed by atoms with Gasteiger partial charge in [0.2, 0.25) is 5.88 Å². The van der Waals surface area contributed by atoms with Crippen molar-refractivity contribution in [1.29, 1.82) is 0 Å². The average molecular weight is 223 g/mol. The molecule has 0 fully saturated rings. The highest BCUT2D eigenvalue weighted by Crippen LogP contribution is 2.26. The van der Waals surface area contributed by atoms with Crippen LogP contribution in [0.5, 0.6) is 5.88 Å². The van der Waals surface area contributed by atoms with Crippen LogP contribution in [0.3, 0.4) is 0 Å². The van der Waals surface area contributed by atoms with Gasteiger partial charge in [-0.05, 0) is 0 Å². The van der Waals surface area contributed by atoms with Crippen LogP contribution >= 0.6 is 0 Å². The van der Waals surface area contributed by atoms with E-state index >= 15 is 0 Å². The second-order valence-corrected chi connectivity index (χ2v) is 3.32. The molecule has 0 N–H and O–H groups in total. The van der Waals surface area contributed by atoms with Crippen molar-refractivity contribution in [2.75, 3.05) is 21.2 Å². The Kier molecular flexibility index (Phi) is 3.44. The Labute approximate surface area is 93.3 Å². The van der Waals surface area contributed by atoms with E-state index in [0.717, 1.165) is 0 Å². The molecule has 1 heterocycles. The van der Waals surface area contributed by atoms with E-state index in [2.05, 4.69) is 11.6 Å². The Balaban J connectivity index is 3.31.